The monoisotopic (exact) mass is 458 g/mol. The van der Waals surface area contributed by atoms with Gasteiger partial charge in [-0.15, -0.1) is 0 Å². The first-order chi connectivity index (χ1) is 15.9. The quantitative estimate of drug-likeness (QED) is 0.266. The average Bonchev–Trinajstić information content (AvgIpc) is 2.83. The van der Waals surface area contributed by atoms with Crippen molar-refractivity contribution in [1.29, 1.82) is 0 Å². The van der Waals surface area contributed by atoms with Crippen molar-refractivity contribution in [1.82, 2.24) is 16.2 Å². The van der Waals surface area contributed by atoms with Crippen molar-refractivity contribution in [2.24, 2.45) is 0 Å². The van der Waals surface area contributed by atoms with Crippen LogP contribution in [0.25, 0.3) is 6.08 Å². The molecule has 0 fully saturated rings. The standard InChI is InChI=1S/C25H22N4O3S/c1-17-7-9-18(10-8-17)11-16-22(30)27-25(33)29-28-24(32)20-12-14-21(15-13-20)26-23(31)19-5-3-2-4-6-19/h2-16H,1H3,(H,26,31)(H,28,32)(H2,27,29,30,33). The second-order valence-electron chi connectivity index (χ2n) is 7.04. The lowest BCUT2D eigenvalue weighted by Gasteiger charge is -2.10. The maximum atomic E-state index is 12.3. The molecule has 0 unspecified atom stereocenters. The lowest BCUT2D eigenvalue weighted by Crippen LogP contribution is -2.48. The molecule has 0 heterocycles. The first-order valence-corrected chi connectivity index (χ1v) is 10.4. The molecule has 3 aromatic rings. The van der Waals surface area contributed by atoms with E-state index in [9.17, 15) is 14.4 Å². The number of hydrogen-bond donors (Lipinski definition) is 4. The van der Waals surface area contributed by atoms with Crippen LogP contribution < -0.4 is 21.5 Å². The molecule has 3 rings (SSSR count). The van der Waals surface area contributed by atoms with Gasteiger partial charge in [-0.05, 0) is 67.2 Å². The number of nitrogens with one attached hydrogen (secondary N) is 4. The smallest absolute Gasteiger partial charge is 0.269 e. The minimum Gasteiger partial charge on any atom is -0.322 e. The third-order valence-corrected chi connectivity index (χ3v) is 4.68. The average molecular weight is 459 g/mol. The maximum Gasteiger partial charge on any atom is 0.269 e. The van der Waals surface area contributed by atoms with Gasteiger partial charge in [0.1, 0.15) is 0 Å². The summed E-state index contributed by atoms with van der Waals surface area (Å²) < 4.78 is 0. The Balaban J connectivity index is 1.44. The van der Waals surface area contributed by atoms with Crippen LogP contribution in [0.15, 0.2) is 84.9 Å². The molecule has 0 bridgehead atoms. The number of hydrogen-bond acceptors (Lipinski definition) is 4. The highest BCUT2D eigenvalue weighted by molar-refractivity contribution is 7.80. The number of anilines is 1. The lowest BCUT2D eigenvalue weighted by molar-refractivity contribution is -0.115. The topological polar surface area (TPSA) is 99.3 Å². The molecule has 4 N–H and O–H groups in total. The zero-order valence-electron chi connectivity index (χ0n) is 17.8. The van der Waals surface area contributed by atoms with E-state index >= 15 is 0 Å². The molecule has 33 heavy (non-hydrogen) atoms. The minimum absolute atomic E-state index is 0.0475. The molecule has 166 valence electrons. The van der Waals surface area contributed by atoms with Gasteiger partial charge < -0.3 is 5.32 Å². The van der Waals surface area contributed by atoms with Gasteiger partial charge in [0.2, 0.25) is 5.91 Å². The molecular weight excluding hydrogens is 436 g/mol. The van der Waals surface area contributed by atoms with E-state index in [0.717, 1.165) is 11.1 Å². The Labute approximate surface area is 196 Å². The third kappa shape index (κ3) is 7.41. The fourth-order valence-electron chi connectivity index (χ4n) is 2.72. The van der Waals surface area contributed by atoms with Crippen LogP contribution in [0.5, 0.6) is 0 Å². The Morgan fingerprint density at radius 1 is 0.758 bits per heavy atom. The van der Waals surface area contributed by atoms with Crippen molar-refractivity contribution in [3.05, 3.63) is 107 Å². The summed E-state index contributed by atoms with van der Waals surface area (Å²) in [4.78, 5) is 36.4. The molecule has 3 amide bonds. The predicted molar refractivity (Wildman–Crippen MR) is 132 cm³/mol. The molecule has 0 saturated heterocycles. The molecular formula is C25H22N4O3S. The lowest BCUT2D eigenvalue weighted by atomic mass is 10.1. The highest BCUT2D eigenvalue weighted by atomic mass is 32.1. The third-order valence-electron chi connectivity index (χ3n) is 4.47. The van der Waals surface area contributed by atoms with Crippen molar-refractivity contribution in [2.45, 2.75) is 6.92 Å². The van der Waals surface area contributed by atoms with Gasteiger partial charge in [0.15, 0.2) is 5.11 Å². The van der Waals surface area contributed by atoms with Crippen molar-refractivity contribution in [3.63, 3.8) is 0 Å². The van der Waals surface area contributed by atoms with Gasteiger partial charge in [-0.2, -0.15) is 0 Å². The molecule has 0 aliphatic heterocycles. The zero-order valence-corrected chi connectivity index (χ0v) is 18.6. The van der Waals surface area contributed by atoms with Crippen LogP contribution in [0, 0.1) is 6.92 Å². The van der Waals surface area contributed by atoms with E-state index < -0.39 is 11.8 Å². The SMILES string of the molecule is Cc1ccc(C=CC(=O)NC(=S)NNC(=O)c2ccc(NC(=O)c3ccccc3)cc2)cc1. The Morgan fingerprint density at radius 3 is 2.06 bits per heavy atom. The van der Waals surface area contributed by atoms with Crippen LogP contribution in [0.1, 0.15) is 31.8 Å². The number of aryl methyl sites for hydroxylation is 1. The fourth-order valence-corrected chi connectivity index (χ4v) is 2.87. The van der Waals surface area contributed by atoms with Crippen molar-refractivity contribution in [3.8, 4) is 0 Å². The Morgan fingerprint density at radius 2 is 1.39 bits per heavy atom. The van der Waals surface area contributed by atoms with E-state index in [4.69, 9.17) is 12.2 Å². The normalized spacial score (nSPS) is 10.3. The van der Waals surface area contributed by atoms with Gasteiger partial charge in [-0.25, -0.2) is 0 Å². The molecule has 0 saturated carbocycles. The molecule has 0 aromatic heterocycles. The van der Waals surface area contributed by atoms with Gasteiger partial charge in [0.25, 0.3) is 11.8 Å². The maximum absolute atomic E-state index is 12.3. The van der Waals surface area contributed by atoms with Crippen molar-refractivity contribution in [2.75, 3.05) is 5.32 Å². The number of rotatable bonds is 5. The minimum atomic E-state index is -0.456. The van der Waals surface area contributed by atoms with Crippen LogP contribution in [-0.2, 0) is 4.79 Å². The van der Waals surface area contributed by atoms with Gasteiger partial charge in [-0.3, -0.25) is 30.6 Å². The van der Waals surface area contributed by atoms with E-state index in [0.29, 0.717) is 16.8 Å². The summed E-state index contributed by atoms with van der Waals surface area (Å²) in [5.41, 5.74) is 8.33. The summed E-state index contributed by atoms with van der Waals surface area (Å²) in [6.45, 7) is 1.98. The number of carbonyl (C=O) groups excluding carboxylic acids is 3. The van der Waals surface area contributed by atoms with Gasteiger partial charge in [0.05, 0.1) is 0 Å². The molecule has 0 radical (unpaired) electrons. The molecule has 7 nitrogen and oxygen atoms in total. The molecule has 0 atom stereocenters. The van der Waals surface area contributed by atoms with E-state index in [-0.39, 0.29) is 11.0 Å². The van der Waals surface area contributed by atoms with Gasteiger partial charge >= 0.3 is 0 Å². The molecule has 0 spiro atoms. The van der Waals surface area contributed by atoms with Crippen LogP contribution in [-0.4, -0.2) is 22.8 Å². The summed E-state index contributed by atoms with van der Waals surface area (Å²) in [5, 5.41) is 5.16. The van der Waals surface area contributed by atoms with E-state index in [1.807, 2.05) is 37.3 Å². The number of thiocarbonyl (C=S) groups is 1. The summed E-state index contributed by atoms with van der Waals surface area (Å²) in [5.74, 6) is -1.13. The molecule has 0 aliphatic rings. The van der Waals surface area contributed by atoms with Crippen molar-refractivity contribution < 1.29 is 14.4 Å². The summed E-state index contributed by atoms with van der Waals surface area (Å²) in [6, 6.07) is 22.9. The second kappa shape index (κ2) is 11.4. The van der Waals surface area contributed by atoms with Crippen LogP contribution >= 0.6 is 12.2 Å². The van der Waals surface area contributed by atoms with E-state index in [2.05, 4.69) is 21.5 Å². The van der Waals surface area contributed by atoms with Gasteiger partial charge in [-0.1, -0.05) is 48.0 Å². The number of hydrazine groups is 1. The number of carbonyl (C=O) groups is 3. The van der Waals surface area contributed by atoms with Gasteiger partial charge in [0, 0.05) is 22.9 Å². The molecule has 0 aliphatic carbocycles. The van der Waals surface area contributed by atoms with Crippen LogP contribution in [0.2, 0.25) is 0 Å². The Bertz CT molecular complexity index is 1170. The predicted octanol–water partition coefficient (Wildman–Crippen LogP) is 3.60. The molecule has 3 aromatic carbocycles. The van der Waals surface area contributed by atoms with E-state index in [1.54, 1.807) is 54.6 Å². The zero-order chi connectivity index (χ0) is 23.6. The fraction of sp³-hybridized carbons (Fsp3) is 0.0400. The number of benzene rings is 3. The van der Waals surface area contributed by atoms with E-state index in [1.165, 1.54) is 6.08 Å². The van der Waals surface area contributed by atoms with Crippen molar-refractivity contribution >= 4 is 46.8 Å². The summed E-state index contributed by atoms with van der Waals surface area (Å²) in [7, 11) is 0. The first kappa shape index (κ1) is 23.4. The second-order valence-corrected chi connectivity index (χ2v) is 7.45. The Kier molecular flexibility index (Phi) is 8.04. The van der Waals surface area contributed by atoms with Crippen LogP contribution in [0.4, 0.5) is 5.69 Å². The Hall–Kier alpha value is -4.30. The highest BCUT2D eigenvalue weighted by Crippen LogP contribution is 2.11. The summed E-state index contributed by atoms with van der Waals surface area (Å²) in [6.07, 6.45) is 3.01. The molecule has 8 heteroatoms. The first-order valence-electron chi connectivity index (χ1n) is 10.0. The van der Waals surface area contributed by atoms with Crippen LogP contribution in [0.3, 0.4) is 0 Å². The highest BCUT2D eigenvalue weighted by Gasteiger charge is 2.09. The largest absolute Gasteiger partial charge is 0.322 e. The number of amides is 3. The summed E-state index contributed by atoms with van der Waals surface area (Å²) >= 11 is 5.02.